The highest BCUT2D eigenvalue weighted by atomic mass is 79.9. The number of hydrogen-bond acceptors (Lipinski definition) is 2. The number of nitro benzene ring substituents is 1. The summed E-state index contributed by atoms with van der Waals surface area (Å²) in [5.41, 5.74) is -0.173. The molecule has 16 heavy (non-hydrogen) atoms. The average Bonchev–Trinajstić information content (AvgIpc) is 2.22. The molecule has 0 aliphatic carbocycles. The molecule has 6 heteroatoms. The zero-order valence-corrected chi connectivity index (χ0v) is 10.5. The van der Waals surface area contributed by atoms with Gasteiger partial charge in [0, 0.05) is 11.4 Å². The molecule has 0 aliphatic rings. The van der Waals surface area contributed by atoms with Crippen molar-refractivity contribution in [3.05, 3.63) is 44.7 Å². The maximum absolute atomic E-state index is 13.2. The Morgan fingerprint density at radius 2 is 2.25 bits per heavy atom. The summed E-state index contributed by atoms with van der Waals surface area (Å²) in [6.45, 7) is 0. The molecule has 0 N–H and O–H groups in total. The van der Waals surface area contributed by atoms with Crippen molar-refractivity contribution in [2.24, 2.45) is 0 Å². The van der Waals surface area contributed by atoms with Crippen molar-refractivity contribution in [3.63, 3.8) is 0 Å². The van der Waals surface area contributed by atoms with Crippen LogP contribution in [0, 0.1) is 15.9 Å². The number of allylic oxidation sites excluding steroid dienone is 1. The van der Waals surface area contributed by atoms with Crippen molar-refractivity contribution in [1.29, 1.82) is 0 Å². The number of nitro groups is 1. The van der Waals surface area contributed by atoms with Crippen LogP contribution < -0.4 is 0 Å². The van der Waals surface area contributed by atoms with Crippen LogP contribution in [0.4, 0.5) is 10.1 Å². The van der Waals surface area contributed by atoms with Crippen LogP contribution in [0.2, 0.25) is 5.02 Å². The van der Waals surface area contributed by atoms with Gasteiger partial charge in [-0.25, -0.2) is 0 Å². The monoisotopic (exact) mass is 307 g/mol. The molecule has 1 rings (SSSR count). The van der Waals surface area contributed by atoms with Crippen molar-refractivity contribution in [3.8, 4) is 0 Å². The van der Waals surface area contributed by atoms with E-state index in [1.54, 1.807) is 12.2 Å². The number of halogens is 3. The van der Waals surface area contributed by atoms with Gasteiger partial charge in [0.1, 0.15) is 0 Å². The van der Waals surface area contributed by atoms with Crippen molar-refractivity contribution < 1.29 is 9.31 Å². The van der Waals surface area contributed by atoms with E-state index in [1.165, 1.54) is 0 Å². The second-order valence-electron chi connectivity index (χ2n) is 2.96. The third kappa shape index (κ3) is 3.28. The molecule has 0 bridgehead atoms. The van der Waals surface area contributed by atoms with Gasteiger partial charge in [0.05, 0.1) is 9.95 Å². The summed E-state index contributed by atoms with van der Waals surface area (Å²) in [4.78, 5) is 9.63. The van der Waals surface area contributed by atoms with Gasteiger partial charge in [0.15, 0.2) is 0 Å². The molecule has 0 spiro atoms. The Morgan fingerprint density at radius 1 is 1.56 bits per heavy atom. The van der Waals surface area contributed by atoms with E-state index >= 15 is 0 Å². The zero-order valence-electron chi connectivity index (χ0n) is 8.12. The summed E-state index contributed by atoms with van der Waals surface area (Å²) in [6.07, 6.45) is 4.21. The SMILES string of the molecule is O=[N+]([O-])c1cc(Cl)c(C=CCCBr)cc1F. The summed E-state index contributed by atoms with van der Waals surface area (Å²) in [5.74, 6) is -0.882. The number of hydrogen-bond donors (Lipinski definition) is 0. The number of rotatable bonds is 4. The predicted octanol–water partition coefficient (Wildman–Crippen LogP) is 4.19. The first-order valence-corrected chi connectivity index (χ1v) is 5.92. The van der Waals surface area contributed by atoms with Gasteiger partial charge in [-0.1, -0.05) is 39.7 Å². The third-order valence-corrected chi connectivity index (χ3v) is 2.62. The Hall–Kier alpha value is -0.940. The van der Waals surface area contributed by atoms with E-state index in [0.29, 0.717) is 5.56 Å². The highest BCUT2D eigenvalue weighted by Gasteiger charge is 2.16. The molecule has 0 aromatic heterocycles. The lowest BCUT2D eigenvalue weighted by Crippen LogP contribution is -1.93. The van der Waals surface area contributed by atoms with E-state index in [-0.39, 0.29) is 5.02 Å². The second kappa shape index (κ2) is 5.96. The van der Waals surface area contributed by atoms with Crippen LogP contribution in [-0.2, 0) is 0 Å². The van der Waals surface area contributed by atoms with Crippen LogP contribution in [0.25, 0.3) is 6.08 Å². The van der Waals surface area contributed by atoms with Crippen LogP contribution in [0.5, 0.6) is 0 Å². The largest absolute Gasteiger partial charge is 0.306 e. The van der Waals surface area contributed by atoms with Crippen LogP contribution in [0.1, 0.15) is 12.0 Å². The number of alkyl halides is 1. The lowest BCUT2D eigenvalue weighted by Gasteiger charge is -1.99. The van der Waals surface area contributed by atoms with Crippen LogP contribution in [0.3, 0.4) is 0 Å². The first kappa shape index (κ1) is 13.1. The van der Waals surface area contributed by atoms with Gasteiger partial charge >= 0.3 is 5.69 Å². The Balaban J connectivity index is 3.05. The molecule has 0 amide bonds. The Morgan fingerprint density at radius 3 is 2.81 bits per heavy atom. The quantitative estimate of drug-likeness (QED) is 0.475. The van der Waals surface area contributed by atoms with Crippen LogP contribution in [-0.4, -0.2) is 10.3 Å². The molecule has 0 heterocycles. The first-order chi connectivity index (χ1) is 7.56. The van der Waals surface area contributed by atoms with Gasteiger partial charge in [-0.3, -0.25) is 10.1 Å². The van der Waals surface area contributed by atoms with Gasteiger partial charge in [-0.05, 0) is 18.1 Å². The highest BCUT2D eigenvalue weighted by molar-refractivity contribution is 9.09. The van der Waals surface area contributed by atoms with Crippen LogP contribution in [0.15, 0.2) is 18.2 Å². The van der Waals surface area contributed by atoms with Gasteiger partial charge < -0.3 is 0 Å². The normalized spacial score (nSPS) is 10.9. The Kier molecular flexibility index (Phi) is 4.89. The van der Waals surface area contributed by atoms with Crippen molar-refractivity contribution in [2.75, 3.05) is 5.33 Å². The lowest BCUT2D eigenvalue weighted by molar-refractivity contribution is -0.387. The van der Waals surface area contributed by atoms with E-state index in [2.05, 4.69) is 15.9 Å². The highest BCUT2D eigenvalue weighted by Crippen LogP contribution is 2.26. The van der Waals surface area contributed by atoms with Crippen LogP contribution >= 0.6 is 27.5 Å². The average molecular weight is 309 g/mol. The van der Waals surface area contributed by atoms with Crippen molar-refractivity contribution in [2.45, 2.75) is 6.42 Å². The standard InChI is InChI=1S/C10H8BrClFNO2/c11-4-2-1-3-7-5-9(13)10(14(15)16)6-8(7)12/h1,3,5-6H,2,4H2. The van der Waals surface area contributed by atoms with Crippen molar-refractivity contribution in [1.82, 2.24) is 0 Å². The molecule has 0 unspecified atom stereocenters. The van der Waals surface area contributed by atoms with E-state index in [0.717, 1.165) is 23.9 Å². The number of nitrogens with zero attached hydrogens (tertiary/aromatic N) is 1. The summed E-state index contributed by atoms with van der Waals surface area (Å²) in [5, 5.41) is 11.4. The molecule has 1 aromatic carbocycles. The lowest BCUT2D eigenvalue weighted by atomic mass is 10.1. The summed E-state index contributed by atoms with van der Waals surface area (Å²) >= 11 is 9.03. The topological polar surface area (TPSA) is 43.1 Å². The molecular weight excluding hydrogens is 300 g/mol. The van der Waals surface area contributed by atoms with Gasteiger partial charge in [-0.2, -0.15) is 4.39 Å². The third-order valence-electron chi connectivity index (χ3n) is 1.84. The molecule has 1 aromatic rings. The Labute approximate surface area is 105 Å². The van der Waals surface area contributed by atoms with E-state index in [1.807, 2.05) is 0 Å². The van der Waals surface area contributed by atoms with E-state index in [4.69, 9.17) is 11.6 Å². The minimum absolute atomic E-state index is 0.166. The molecule has 0 fully saturated rings. The maximum atomic E-state index is 13.2. The number of benzene rings is 1. The zero-order chi connectivity index (χ0) is 12.1. The summed E-state index contributed by atoms with van der Waals surface area (Å²) < 4.78 is 13.2. The molecule has 0 saturated heterocycles. The molecule has 3 nitrogen and oxygen atoms in total. The minimum Gasteiger partial charge on any atom is -0.258 e. The molecule has 0 radical (unpaired) electrons. The first-order valence-electron chi connectivity index (χ1n) is 4.42. The molecular formula is C10H8BrClFNO2. The van der Waals surface area contributed by atoms with Gasteiger partial charge in [0.25, 0.3) is 0 Å². The smallest absolute Gasteiger partial charge is 0.258 e. The predicted molar refractivity (Wildman–Crippen MR) is 65.5 cm³/mol. The van der Waals surface area contributed by atoms with Gasteiger partial charge in [-0.15, -0.1) is 0 Å². The molecule has 0 saturated carbocycles. The summed E-state index contributed by atoms with van der Waals surface area (Å²) in [6, 6.07) is 2.08. The second-order valence-corrected chi connectivity index (χ2v) is 4.16. The van der Waals surface area contributed by atoms with Gasteiger partial charge in [0.2, 0.25) is 5.82 Å². The van der Waals surface area contributed by atoms with E-state index < -0.39 is 16.4 Å². The Bertz CT molecular complexity index is 437. The fraction of sp³-hybridized carbons (Fsp3) is 0.200. The van der Waals surface area contributed by atoms with E-state index in [9.17, 15) is 14.5 Å². The fourth-order valence-electron chi connectivity index (χ4n) is 1.09. The molecule has 0 atom stereocenters. The maximum Gasteiger partial charge on any atom is 0.306 e. The van der Waals surface area contributed by atoms with Crippen molar-refractivity contribution >= 4 is 39.3 Å². The molecule has 86 valence electrons. The molecule has 0 aliphatic heterocycles. The minimum atomic E-state index is -0.882. The fourth-order valence-corrected chi connectivity index (χ4v) is 1.58. The summed E-state index contributed by atoms with van der Waals surface area (Å²) in [7, 11) is 0.